The molecule has 0 saturated heterocycles. The van der Waals surface area contributed by atoms with Crippen LogP contribution in [0.2, 0.25) is 0 Å². The lowest BCUT2D eigenvalue weighted by molar-refractivity contribution is 0.0606. The summed E-state index contributed by atoms with van der Waals surface area (Å²) in [5.41, 5.74) is 6.82. The fraction of sp³-hybridized carbons (Fsp3) is 0.478. The van der Waals surface area contributed by atoms with E-state index in [-0.39, 0.29) is 12.6 Å². The number of ether oxygens (including phenoxy) is 2. The summed E-state index contributed by atoms with van der Waals surface area (Å²) >= 11 is 1.53. The molecule has 2 aromatic rings. The maximum Gasteiger partial charge on any atom is 0.404 e. The fourth-order valence-electron chi connectivity index (χ4n) is 3.22. The van der Waals surface area contributed by atoms with Gasteiger partial charge in [-0.1, -0.05) is 69.4 Å². The van der Waals surface area contributed by atoms with Crippen LogP contribution in [-0.4, -0.2) is 25.7 Å². The van der Waals surface area contributed by atoms with Gasteiger partial charge in [-0.05, 0) is 24.0 Å². The Balaban J connectivity index is 0.000000177. The van der Waals surface area contributed by atoms with Crippen LogP contribution < -0.4 is 11.1 Å². The lowest BCUT2D eigenvalue weighted by Crippen LogP contribution is -2.18. The largest absolute Gasteiger partial charge is 0.465 e. The van der Waals surface area contributed by atoms with Crippen LogP contribution in [0.4, 0.5) is 10.5 Å². The minimum absolute atomic E-state index is 0.237. The highest BCUT2D eigenvalue weighted by atomic mass is 32.1. The van der Waals surface area contributed by atoms with Gasteiger partial charge in [-0.25, -0.2) is 9.59 Å². The molecular weight excluding hydrogens is 400 g/mol. The summed E-state index contributed by atoms with van der Waals surface area (Å²) in [5, 5.41) is 3.31. The number of hydrogen-bond acceptors (Lipinski definition) is 6. The Morgan fingerprint density at radius 2 is 1.77 bits per heavy atom. The van der Waals surface area contributed by atoms with Crippen molar-refractivity contribution in [2.24, 2.45) is 11.7 Å². The molecule has 1 amide bonds. The Labute approximate surface area is 182 Å². The van der Waals surface area contributed by atoms with Crippen molar-refractivity contribution in [1.29, 1.82) is 0 Å². The molecular formula is C23H32N2O4S. The number of nitrogens with one attached hydrogen (secondary N) is 1. The number of nitrogens with two attached hydrogens (primary N) is 1. The van der Waals surface area contributed by atoms with Crippen LogP contribution in [0.5, 0.6) is 0 Å². The molecule has 1 fully saturated rings. The molecule has 6 nitrogen and oxygen atoms in total. The average Bonchev–Trinajstić information content (AvgIpc) is 3.46. The quantitative estimate of drug-likeness (QED) is 0.636. The standard InChI is InChI=1S/C10H13NO2S.C8H9NO2.C5H10/c1-6-3-8-7(11-5-6)4-9(14-8)10(12)13-2;9-8(10)11-6-7-4-2-1-3-5-7;1-2-4-5-3-1/h4,6,11H,3,5H2,1-2H3;1-5H,6H2,(H2,9,10);1-5H2. The second-order valence-electron chi connectivity index (χ2n) is 7.49. The summed E-state index contributed by atoms with van der Waals surface area (Å²) in [6, 6.07) is 11.3. The van der Waals surface area contributed by atoms with Gasteiger partial charge in [-0.3, -0.25) is 0 Å². The first-order valence-electron chi connectivity index (χ1n) is 10.4. The highest BCUT2D eigenvalue weighted by Gasteiger charge is 2.20. The predicted molar refractivity (Wildman–Crippen MR) is 121 cm³/mol. The minimum Gasteiger partial charge on any atom is -0.465 e. The summed E-state index contributed by atoms with van der Waals surface area (Å²) in [7, 11) is 1.41. The van der Waals surface area contributed by atoms with Gasteiger partial charge in [-0.2, -0.15) is 0 Å². The number of primary amides is 1. The van der Waals surface area contributed by atoms with E-state index in [4.69, 9.17) is 5.73 Å². The van der Waals surface area contributed by atoms with E-state index in [1.54, 1.807) is 0 Å². The highest BCUT2D eigenvalue weighted by molar-refractivity contribution is 7.14. The fourth-order valence-corrected chi connectivity index (χ4v) is 4.43. The van der Waals surface area contributed by atoms with Crippen LogP contribution >= 0.6 is 11.3 Å². The van der Waals surface area contributed by atoms with Crippen molar-refractivity contribution in [3.63, 3.8) is 0 Å². The summed E-state index contributed by atoms with van der Waals surface area (Å²) < 4.78 is 9.25. The number of anilines is 1. The molecule has 3 N–H and O–H groups in total. The van der Waals surface area contributed by atoms with Crippen molar-refractivity contribution in [3.8, 4) is 0 Å². The van der Waals surface area contributed by atoms with Crippen LogP contribution in [0.25, 0.3) is 0 Å². The van der Waals surface area contributed by atoms with Crippen molar-refractivity contribution in [1.82, 2.24) is 0 Å². The molecule has 1 saturated carbocycles. The zero-order chi connectivity index (χ0) is 21.8. The zero-order valence-corrected chi connectivity index (χ0v) is 18.6. The molecule has 0 radical (unpaired) electrons. The second-order valence-corrected chi connectivity index (χ2v) is 8.63. The van der Waals surface area contributed by atoms with Crippen molar-refractivity contribution < 1.29 is 19.1 Å². The molecule has 30 heavy (non-hydrogen) atoms. The van der Waals surface area contributed by atoms with Crippen LogP contribution in [0, 0.1) is 5.92 Å². The van der Waals surface area contributed by atoms with Gasteiger partial charge >= 0.3 is 12.1 Å². The van der Waals surface area contributed by atoms with Crippen molar-refractivity contribution in [2.75, 3.05) is 19.0 Å². The third-order valence-corrected chi connectivity index (χ3v) is 5.98. The molecule has 0 spiro atoms. The molecule has 1 aliphatic carbocycles. The first kappa shape index (κ1) is 23.7. The number of benzene rings is 1. The second kappa shape index (κ2) is 12.9. The maximum atomic E-state index is 11.3. The van der Waals surface area contributed by atoms with Gasteiger partial charge in [0.25, 0.3) is 0 Å². The minimum atomic E-state index is -0.742. The Hall–Kier alpha value is -2.54. The van der Waals surface area contributed by atoms with Gasteiger partial charge in [0, 0.05) is 17.1 Å². The normalized spacial score (nSPS) is 16.5. The molecule has 4 rings (SSSR count). The van der Waals surface area contributed by atoms with Crippen LogP contribution in [0.3, 0.4) is 0 Å². The number of rotatable bonds is 3. The number of methoxy groups -OCH3 is 1. The third kappa shape index (κ3) is 8.45. The summed E-state index contributed by atoms with van der Waals surface area (Å²) in [4.78, 5) is 23.4. The molecule has 1 aromatic carbocycles. The Morgan fingerprint density at radius 1 is 1.13 bits per heavy atom. The average molecular weight is 433 g/mol. The van der Waals surface area contributed by atoms with Crippen LogP contribution in [-0.2, 0) is 22.5 Å². The van der Waals surface area contributed by atoms with Crippen LogP contribution in [0.1, 0.15) is 59.1 Å². The highest BCUT2D eigenvalue weighted by Crippen LogP contribution is 2.33. The summed E-state index contributed by atoms with van der Waals surface area (Å²) in [5.74, 6) is 0.408. The number of amides is 1. The number of carbonyl (C=O) groups is 2. The van der Waals surface area contributed by atoms with Gasteiger partial charge in [-0.15, -0.1) is 11.3 Å². The molecule has 7 heteroatoms. The number of esters is 1. The number of fused-ring (bicyclic) bond motifs is 1. The molecule has 1 unspecified atom stereocenters. The molecule has 164 valence electrons. The van der Waals surface area contributed by atoms with E-state index in [9.17, 15) is 9.59 Å². The van der Waals surface area contributed by atoms with E-state index < -0.39 is 6.09 Å². The number of hydrogen-bond donors (Lipinski definition) is 2. The maximum absolute atomic E-state index is 11.3. The van der Waals surface area contributed by atoms with Gasteiger partial charge in [0.15, 0.2) is 0 Å². The van der Waals surface area contributed by atoms with E-state index in [2.05, 4.69) is 21.7 Å². The van der Waals surface area contributed by atoms with E-state index in [0.29, 0.717) is 10.8 Å². The van der Waals surface area contributed by atoms with E-state index >= 15 is 0 Å². The zero-order valence-electron chi connectivity index (χ0n) is 17.8. The monoisotopic (exact) mass is 432 g/mol. The van der Waals surface area contributed by atoms with Crippen molar-refractivity contribution in [2.45, 2.75) is 52.1 Å². The number of thiophene rings is 1. The molecule has 2 heterocycles. The molecule has 2 aliphatic rings. The van der Waals surface area contributed by atoms with Crippen molar-refractivity contribution in [3.05, 3.63) is 51.7 Å². The predicted octanol–water partition coefficient (Wildman–Crippen LogP) is 5.37. The van der Waals surface area contributed by atoms with Gasteiger partial charge in [0.05, 0.1) is 7.11 Å². The van der Waals surface area contributed by atoms with Gasteiger partial charge in [0.2, 0.25) is 0 Å². The van der Waals surface area contributed by atoms with Gasteiger partial charge in [0.1, 0.15) is 11.5 Å². The van der Waals surface area contributed by atoms with E-state index in [0.717, 1.165) is 24.2 Å². The Morgan fingerprint density at radius 3 is 2.33 bits per heavy atom. The van der Waals surface area contributed by atoms with Gasteiger partial charge < -0.3 is 20.5 Å². The third-order valence-electron chi connectivity index (χ3n) is 4.84. The first-order valence-corrected chi connectivity index (χ1v) is 11.2. The Kier molecular flexibility index (Phi) is 10.2. The lowest BCUT2D eigenvalue weighted by Gasteiger charge is -2.19. The molecule has 1 atom stereocenters. The summed E-state index contributed by atoms with van der Waals surface area (Å²) in [6.45, 7) is 3.44. The van der Waals surface area contributed by atoms with Crippen molar-refractivity contribution >= 4 is 29.1 Å². The molecule has 1 aromatic heterocycles. The first-order chi connectivity index (χ1) is 14.5. The molecule has 0 bridgehead atoms. The Bertz CT molecular complexity index is 780. The summed E-state index contributed by atoms with van der Waals surface area (Å²) in [6.07, 6.45) is 7.82. The molecule has 1 aliphatic heterocycles. The smallest absolute Gasteiger partial charge is 0.404 e. The van der Waals surface area contributed by atoms with E-state index in [1.165, 1.54) is 55.4 Å². The topological polar surface area (TPSA) is 90.6 Å². The number of carbonyl (C=O) groups excluding carboxylic acids is 2. The van der Waals surface area contributed by atoms with Crippen LogP contribution in [0.15, 0.2) is 36.4 Å². The SMILES string of the molecule is C1CCCC1.COC(=O)c1cc2c(s1)CC(C)CN2.NC(=O)OCc1ccccc1. The lowest BCUT2D eigenvalue weighted by atomic mass is 10.0. The van der Waals surface area contributed by atoms with E-state index in [1.807, 2.05) is 36.4 Å².